The number of carbonyl (C=O) groups excluding carboxylic acids is 1. The maximum absolute atomic E-state index is 11.5. The second-order valence-corrected chi connectivity index (χ2v) is 4.45. The van der Waals surface area contributed by atoms with Gasteiger partial charge in [-0.15, -0.1) is 0 Å². The third-order valence-corrected chi connectivity index (χ3v) is 3.09. The van der Waals surface area contributed by atoms with E-state index in [2.05, 4.69) is 26.0 Å². The summed E-state index contributed by atoms with van der Waals surface area (Å²) < 4.78 is 11.1. The van der Waals surface area contributed by atoms with Gasteiger partial charge in [0.2, 0.25) is 0 Å². The number of cyclic esters (lactones) is 1. The molecule has 16 heavy (non-hydrogen) atoms. The molecule has 0 aliphatic carbocycles. The molecule has 0 radical (unpaired) electrons. The van der Waals surface area contributed by atoms with E-state index in [4.69, 9.17) is 9.47 Å². The lowest BCUT2D eigenvalue weighted by Crippen LogP contribution is -2.35. The molecule has 3 nitrogen and oxygen atoms in total. The molecule has 0 bridgehead atoms. The van der Waals surface area contributed by atoms with Crippen molar-refractivity contribution in [2.24, 2.45) is 5.92 Å². The number of carbonyl (C=O) groups is 1. The maximum atomic E-state index is 11.5. The molecule has 1 fully saturated rings. The van der Waals surface area contributed by atoms with Crippen molar-refractivity contribution < 1.29 is 14.3 Å². The minimum Gasteiger partial charge on any atom is -0.456 e. The molecule has 0 aromatic heterocycles. The van der Waals surface area contributed by atoms with Crippen LogP contribution in [0.4, 0.5) is 0 Å². The lowest BCUT2D eigenvalue weighted by atomic mass is 9.94. The predicted molar refractivity (Wildman–Crippen MR) is 60.9 cm³/mol. The monoisotopic (exact) mass is 222 g/mol. The minimum absolute atomic E-state index is 0.0608. The van der Waals surface area contributed by atoms with Gasteiger partial charge in [-0.3, -0.25) is 0 Å². The molecule has 4 atom stereocenters. The van der Waals surface area contributed by atoms with Crippen LogP contribution in [0.2, 0.25) is 0 Å². The Hall–Kier alpha value is -1.09. The number of fused-ring (bicyclic) bond motifs is 1. The van der Waals surface area contributed by atoms with Crippen LogP contribution in [0.5, 0.6) is 0 Å². The fourth-order valence-corrected chi connectivity index (χ4v) is 2.18. The average Bonchev–Trinajstić information content (AvgIpc) is 2.51. The first-order valence-electron chi connectivity index (χ1n) is 5.88. The average molecular weight is 222 g/mol. The van der Waals surface area contributed by atoms with Crippen LogP contribution in [0, 0.1) is 5.92 Å². The van der Waals surface area contributed by atoms with Gasteiger partial charge in [-0.2, -0.15) is 0 Å². The quantitative estimate of drug-likeness (QED) is 0.531. The zero-order valence-corrected chi connectivity index (χ0v) is 9.97. The summed E-state index contributed by atoms with van der Waals surface area (Å²) in [5.41, 5.74) is 0.696. The van der Waals surface area contributed by atoms with Crippen molar-refractivity contribution in [3.63, 3.8) is 0 Å². The number of ether oxygens (including phenoxy) is 2. The lowest BCUT2D eigenvalue weighted by Gasteiger charge is -2.29. The van der Waals surface area contributed by atoms with Gasteiger partial charge in [0.1, 0.15) is 12.2 Å². The van der Waals surface area contributed by atoms with Crippen LogP contribution in [0.1, 0.15) is 27.2 Å². The highest BCUT2D eigenvalue weighted by Gasteiger charge is 2.42. The van der Waals surface area contributed by atoms with E-state index in [0.29, 0.717) is 5.57 Å². The number of esters is 1. The third-order valence-electron chi connectivity index (χ3n) is 3.09. The largest absolute Gasteiger partial charge is 0.456 e. The van der Waals surface area contributed by atoms with Crippen molar-refractivity contribution in [2.45, 2.75) is 45.5 Å². The fraction of sp³-hybridized carbons (Fsp3) is 0.615. The Morgan fingerprint density at radius 1 is 1.44 bits per heavy atom. The highest BCUT2D eigenvalue weighted by Crippen LogP contribution is 2.33. The van der Waals surface area contributed by atoms with E-state index in [0.717, 1.165) is 6.42 Å². The standard InChI is InChI=1S/C13H18O3/c1-4-5-6-11-8(2)7-10-12(16-11)9(3)15-13(10)14/h5-9,11-12H,4H2,1-3H3/b6-5+/t8-,9+,11-,12-/m1/s1. The lowest BCUT2D eigenvalue weighted by molar-refractivity contribution is -0.139. The SMILES string of the molecule is CC/C=C/[C@H]1O[C@H]2C(=C[C@H]1C)C(=O)O[C@H]2C. The molecule has 2 aliphatic rings. The van der Waals surface area contributed by atoms with Crippen LogP contribution >= 0.6 is 0 Å². The molecule has 2 rings (SSSR count). The zero-order chi connectivity index (χ0) is 11.7. The molecular weight excluding hydrogens is 204 g/mol. The van der Waals surface area contributed by atoms with Gasteiger partial charge < -0.3 is 9.47 Å². The van der Waals surface area contributed by atoms with Crippen LogP contribution in [0.3, 0.4) is 0 Å². The summed E-state index contributed by atoms with van der Waals surface area (Å²) in [4.78, 5) is 11.5. The molecule has 0 amide bonds. The summed E-state index contributed by atoms with van der Waals surface area (Å²) in [7, 11) is 0. The number of allylic oxidation sites excluding steroid dienone is 1. The summed E-state index contributed by atoms with van der Waals surface area (Å²) in [6, 6.07) is 0. The van der Waals surface area contributed by atoms with E-state index >= 15 is 0 Å². The Morgan fingerprint density at radius 2 is 2.19 bits per heavy atom. The first-order chi connectivity index (χ1) is 7.63. The number of rotatable bonds is 2. The number of hydrogen-bond acceptors (Lipinski definition) is 3. The summed E-state index contributed by atoms with van der Waals surface area (Å²) in [6.45, 7) is 6.03. The molecule has 88 valence electrons. The van der Waals surface area contributed by atoms with Crippen molar-refractivity contribution in [1.82, 2.24) is 0 Å². The number of hydrogen-bond donors (Lipinski definition) is 0. The van der Waals surface area contributed by atoms with Crippen LogP contribution < -0.4 is 0 Å². The molecular formula is C13H18O3. The predicted octanol–water partition coefficient (Wildman–Crippen LogP) is 2.23. The Morgan fingerprint density at radius 3 is 2.88 bits per heavy atom. The third kappa shape index (κ3) is 1.92. The van der Waals surface area contributed by atoms with Gasteiger partial charge in [0.05, 0.1) is 11.7 Å². The second kappa shape index (κ2) is 4.42. The van der Waals surface area contributed by atoms with Crippen molar-refractivity contribution in [3.8, 4) is 0 Å². The molecule has 0 unspecified atom stereocenters. The van der Waals surface area contributed by atoms with Crippen molar-refractivity contribution in [1.29, 1.82) is 0 Å². The smallest absolute Gasteiger partial charge is 0.336 e. The van der Waals surface area contributed by atoms with Crippen LogP contribution in [0.25, 0.3) is 0 Å². The van der Waals surface area contributed by atoms with Crippen LogP contribution in [0.15, 0.2) is 23.8 Å². The molecule has 0 spiro atoms. The van der Waals surface area contributed by atoms with Gasteiger partial charge in [0, 0.05) is 5.92 Å². The summed E-state index contributed by atoms with van der Waals surface area (Å²) in [6.07, 6.45) is 6.88. The molecule has 0 aromatic carbocycles. The molecule has 0 aromatic rings. The molecule has 0 saturated carbocycles. The molecule has 3 heteroatoms. The van der Waals surface area contributed by atoms with Gasteiger partial charge in [-0.25, -0.2) is 4.79 Å². The highest BCUT2D eigenvalue weighted by molar-refractivity contribution is 5.92. The van der Waals surface area contributed by atoms with E-state index in [1.807, 2.05) is 13.0 Å². The van der Waals surface area contributed by atoms with Crippen molar-refractivity contribution >= 4 is 5.97 Å². The fourth-order valence-electron chi connectivity index (χ4n) is 2.18. The van der Waals surface area contributed by atoms with Crippen molar-refractivity contribution in [2.75, 3.05) is 0 Å². The van der Waals surface area contributed by atoms with E-state index < -0.39 is 0 Å². The second-order valence-electron chi connectivity index (χ2n) is 4.45. The Labute approximate surface area is 96.1 Å². The van der Waals surface area contributed by atoms with E-state index in [-0.39, 0.29) is 30.2 Å². The van der Waals surface area contributed by atoms with Gasteiger partial charge >= 0.3 is 5.97 Å². The van der Waals surface area contributed by atoms with Gasteiger partial charge in [0.25, 0.3) is 0 Å². The zero-order valence-electron chi connectivity index (χ0n) is 9.97. The Balaban J connectivity index is 2.19. The summed E-state index contributed by atoms with van der Waals surface area (Å²) in [5, 5.41) is 0. The summed E-state index contributed by atoms with van der Waals surface area (Å²) >= 11 is 0. The normalized spacial score (nSPS) is 38.4. The molecule has 0 N–H and O–H groups in total. The van der Waals surface area contributed by atoms with Gasteiger partial charge in [-0.1, -0.05) is 32.1 Å². The maximum Gasteiger partial charge on any atom is 0.336 e. The van der Waals surface area contributed by atoms with E-state index in [1.165, 1.54) is 0 Å². The molecule has 1 saturated heterocycles. The summed E-state index contributed by atoms with van der Waals surface area (Å²) in [5.74, 6) is 0.00849. The Bertz CT molecular complexity index is 343. The van der Waals surface area contributed by atoms with Crippen LogP contribution in [-0.4, -0.2) is 24.3 Å². The first-order valence-corrected chi connectivity index (χ1v) is 5.88. The minimum atomic E-state index is -0.220. The van der Waals surface area contributed by atoms with Gasteiger partial charge in [-0.05, 0) is 13.3 Å². The van der Waals surface area contributed by atoms with E-state index in [9.17, 15) is 4.79 Å². The van der Waals surface area contributed by atoms with Gasteiger partial charge in [0.15, 0.2) is 0 Å². The Kier molecular flexibility index (Phi) is 3.15. The first kappa shape index (κ1) is 11.4. The topological polar surface area (TPSA) is 35.5 Å². The highest BCUT2D eigenvalue weighted by atomic mass is 16.6. The van der Waals surface area contributed by atoms with Crippen LogP contribution in [-0.2, 0) is 14.3 Å². The molecule has 2 heterocycles. The van der Waals surface area contributed by atoms with E-state index in [1.54, 1.807) is 0 Å². The van der Waals surface area contributed by atoms with Crippen molar-refractivity contribution in [3.05, 3.63) is 23.8 Å². The molecule has 2 aliphatic heterocycles.